The van der Waals surface area contributed by atoms with Crippen LogP contribution in [0.3, 0.4) is 0 Å². The SMILES string of the molecule is Cc1ccc(NC(=S)NCCCN2C[C@H](C)C[C@@H](C)C2)cc1Cl. The number of anilines is 1. The number of aryl methyl sites for hydroxylation is 1. The molecule has 23 heavy (non-hydrogen) atoms. The molecule has 0 unspecified atom stereocenters. The number of likely N-dealkylation sites (tertiary alicyclic amines) is 1. The van der Waals surface area contributed by atoms with Crippen LogP contribution in [0.4, 0.5) is 5.69 Å². The van der Waals surface area contributed by atoms with E-state index in [0.717, 1.165) is 47.6 Å². The average Bonchev–Trinajstić information content (AvgIpc) is 2.46. The molecule has 3 nitrogen and oxygen atoms in total. The van der Waals surface area contributed by atoms with Gasteiger partial charge >= 0.3 is 0 Å². The Balaban J connectivity index is 1.65. The number of halogens is 1. The van der Waals surface area contributed by atoms with Gasteiger partial charge in [0.25, 0.3) is 0 Å². The lowest BCUT2D eigenvalue weighted by Gasteiger charge is -2.35. The zero-order valence-electron chi connectivity index (χ0n) is 14.4. The van der Waals surface area contributed by atoms with Gasteiger partial charge in [0.05, 0.1) is 0 Å². The predicted octanol–water partition coefficient (Wildman–Crippen LogP) is 4.30. The smallest absolute Gasteiger partial charge is 0.170 e. The molecule has 128 valence electrons. The van der Waals surface area contributed by atoms with E-state index < -0.39 is 0 Å². The Morgan fingerprint density at radius 3 is 2.65 bits per heavy atom. The summed E-state index contributed by atoms with van der Waals surface area (Å²) < 4.78 is 0. The molecule has 0 spiro atoms. The minimum Gasteiger partial charge on any atom is -0.362 e. The lowest BCUT2D eigenvalue weighted by atomic mass is 9.92. The molecule has 1 aliphatic rings. The molecule has 1 aromatic rings. The highest BCUT2D eigenvalue weighted by atomic mass is 35.5. The van der Waals surface area contributed by atoms with Gasteiger partial charge in [-0.05, 0) is 68.1 Å². The van der Waals surface area contributed by atoms with E-state index in [1.165, 1.54) is 19.5 Å². The van der Waals surface area contributed by atoms with Gasteiger partial charge < -0.3 is 15.5 Å². The van der Waals surface area contributed by atoms with Gasteiger partial charge in [-0.3, -0.25) is 0 Å². The summed E-state index contributed by atoms with van der Waals surface area (Å²) in [6.07, 6.45) is 2.47. The van der Waals surface area contributed by atoms with E-state index in [2.05, 4.69) is 29.4 Å². The molecule has 2 N–H and O–H groups in total. The van der Waals surface area contributed by atoms with E-state index in [1.54, 1.807) is 0 Å². The fourth-order valence-corrected chi connectivity index (χ4v) is 3.73. The maximum Gasteiger partial charge on any atom is 0.170 e. The Morgan fingerprint density at radius 2 is 2.00 bits per heavy atom. The van der Waals surface area contributed by atoms with E-state index in [4.69, 9.17) is 23.8 Å². The number of nitrogens with one attached hydrogen (secondary N) is 2. The molecule has 0 radical (unpaired) electrons. The van der Waals surface area contributed by atoms with Crippen LogP contribution in [0.15, 0.2) is 18.2 Å². The summed E-state index contributed by atoms with van der Waals surface area (Å²) in [5.41, 5.74) is 2.00. The molecule has 0 bridgehead atoms. The van der Waals surface area contributed by atoms with E-state index >= 15 is 0 Å². The van der Waals surface area contributed by atoms with Crippen LogP contribution in [0.2, 0.25) is 5.02 Å². The van der Waals surface area contributed by atoms with Crippen molar-refractivity contribution in [1.82, 2.24) is 10.2 Å². The van der Waals surface area contributed by atoms with Crippen LogP contribution < -0.4 is 10.6 Å². The van der Waals surface area contributed by atoms with Crippen LogP contribution in [0.5, 0.6) is 0 Å². The van der Waals surface area contributed by atoms with Gasteiger partial charge in [-0.15, -0.1) is 0 Å². The van der Waals surface area contributed by atoms with Crippen LogP contribution in [-0.4, -0.2) is 36.2 Å². The minimum atomic E-state index is 0.658. The van der Waals surface area contributed by atoms with Gasteiger partial charge in [-0.25, -0.2) is 0 Å². The molecular weight excluding hydrogens is 326 g/mol. The molecule has 1 heterocycles. The maximum atomic E-state index is 6.12. The Hall–Kier alpha value is -0.840. The first kappa shape index (κ1) is 18.5. The van der Waals surface area contributed by atoms with Crippen LogP contribution in [-0.2, 0) is 0 Å². The second kappa shape index (κ2) is 8.86. The van der Waals surface area contributed by atoms with E-state index in [1.807, 2.05) is 25.1 Å². The fourth-order valence-electron chi connectivity index (χ4n) is 3.33. The van der Waals surface area contributed by atoms with Crippen molar-refractivity contribution in [2.45, 2.75) is 33.6 Å². The molecule has 2 rings (SSSR count). The lowest BCUT2D eigenvalue weighted by Crippen LogP contribution is -2.40. The van der Waals surface area contributed by atoms with Crippen molar-refractivity contribution in [3.8, 4) is 0 Å². The molecule has 0 aliphatic carbocycles. The van der Waals surface area contributed by atoms with Gasteiger partial charge in [0.1, 0.15) is 0 Å². The third kappa shape index (κ3) is 6.28. The third-order valence-corrected chi connectivity index (χ3v) is 4.96. The number of rotatable bonds is 5. The first-order valence-corrected chi connectivity index (χ1v) is 9.26. The Kier molecular flexibility index (Phi) is 7.12. The zero-order valence-corrected chi connectivity index (χ0v) is 15.9. The molecule has 0 amide bonds. The third-order valence-electron chi connectivity index (χ3n) is 4.31. The van der Waals surface area contributed by atoms with Crippen molar-refractivity contribution >= 4 is 34.6 Å². The van der Waals surface area contributed by atoms with Gasteiger partial charge in [-0.2, -0.15) is 0 Å². The van der Waals surface area contributed by atoms with Crippen LogP contribution in [0, 0.1) is 18.8 Å². The van der Waals surface area contributed by atoms with Crippen molar-refractivity contribution < 1.29 is 0 Å². The largest absolute Gasteiger partial charge is 0.362 e. The molecule has 0 saturated carbocycles. The van der Waals surface area contributed by atoms with Crippen molar-refractivity contribution in [2.24, 2.45) is 11.8 Å². The maximum absolute atomic E-state index is 6.12. The fraction of sp³-hybridized carbons (Fsp3) is 0.611. The van der Waals surface area contributed by atoms with Gasteiger partial charge in [0.2, 0.25) is 0 Å². The lowest BCUT2D eigenvalue weighted by molar-refractivity contribution is 0.140. The number of piperidine rings is 1. The highest BCUT2D eigenvalue weighted by molar-refractivity contribution is 7.80. The summed E-state index contributed by atoms with van der Waals surface area (Å²) in [4.78, 5) is 2.58. The number of hydrogen-bond acceptors (Lipinski definition) is 2. The molecule has 1 aliphatic heterocycles. The second-order valence-electron chi connectivity index (χ2n) is 6.90. The van der Waals surface area contributed by atoms with Crippen molar-refractivity contribution in [3.63, 3.8) is 0 Å². The Morgan fingerprint density at radius 1 is 1.30 bits per heavy atom. The van der Waals surface area contributed by atoms with Crippen molar-refractivity contribution in [1.29, 1.82) is 0 Å². The average molecular weight is 354 g/mol. The van der Waals surface area contributed by atoms with Crippen LogP contribution in [0.25, 0.3) is 0 Å². The predicted molar refractivity (Wildman–Crippen MR) is 104 cm³/mol. The monoisotopic (exact) mass is 353 g/mol. The van der Waals surface area contributed by atoms with Gasteiger partial charge in [0.15, 0.2) is 5.11 Å². The Labute approximate surface area is 150 Å². The first-order valence-electron chi connectivity index (χ1n) is 8.47. The summed E-state index contributed by atoms with van der Waals surface area (Å²) >= 11 is 11.5. The van der Waals surface area contributed by atoms with Crippen LogP contribution >= 0.6 is 23.8 Å². The van der Waals surface area contributed by atoms with Gasteiger partial charge in [-0.1, -0.05) is 31.5 Å². The molecule has 1 aromatic carbocycles. The molecule has 1 saturated heterocycles. The van der Waals surface area contributed by atoms with E-state index in [9.17, 15) is 0 Å². The second-order valence-corrected chi connectivity index (χ2v) is 7.72. The summed E-state index contributed by atoms with van der Waals surface area (Å²) in [5, 5.41) is 7.88. The summed E-state index contributed by atoms with van der Waals surface area (Å²) in [6, 6.07) is 5.89. The van der Waals surface area contributed by atoms with Crippen molar-refractivity contribution in [2.75, 3.05) is 31.5 Å². The molecule has 1 fully saturated rings. The topological polar surface area (TPSA) is 27.3 Å². The number of hydrogen-bond donors (Lipinski definition) is 2. The number of nitrogens with zero attached hydrogens (tertiary/aromatic N) is 1. The van der Waals surface area contributed by atoms with E-state index in [-0.39, 0.29) is 0 Å². The van der Waals surface area contributed by atoms with Gasteiger partial charge in [0, 0.05) is 30.3 Å². The number of thiocarbonyl (C=S) groups is 1. The minimum absolute atomic E-state index is 0.658. The molecular formula is C18H28ClN3S. The molecule has 2 atom stereocenters. The summed E-state index contributed by atoms with van der Waals surface area (Å²) in [7, 11) is 0. The zero-order chi connectivity index (χ0) is 16.8. The molecule has 5 heteroatoms. The van der Waals surface area contributed by atoms with Crippen LogP contribution in [0.1, 0.15) is 32.3 Å². The first-order chi connectivity index (χ1) is 10.9. The summed E-state index contributed by atoms with van der Waals surface area (Å²) in [6.45, 7) is 11.2. The van der Waals surface area contributed by atoms with Crippen molar-refractivity contribution in [3.05, 3.63) is 28.8 Å². The highest BCUT2D eigenvalue weighted by Crippen LogP contribution is 2.21. The normalized spacial score (nSPS) is 21.9. The standard InChI is InChI=1S/C18H28ClN3S/c1-13-9-14(2)12-22(11-13)8-4-7-20-18(23)21-16-6-5-15(3)17(19)10-16/h5-6,10,13-14H,4,7-9,11-12H2,1-3H3,(H2,20,21,23)/t13-,14-/m1/s1. The number of benzene rings is 1. The Bertz CT molecular complexity index is 525. The molecule has 0 aromatic heterocycles. The summed E-state index contributed by atoms with van der Waals surface area (Å²) in [5.74, 6) is 1.64. The van der Waals surface area contributed by atoms with E-state index in [0.29, 0.717) is 5.11 Å². The highest BCUT2D eigenvalue weighted by Gasteiger charge is 2.20. The quantitative estimate of drug-likeness (QED) is 0.609.